The van der Waals surface area contributed by atoms with Gasteiger partial charge < -0.3 is 4.90 Å². The zero-order valence-corrected chi connectivity index (χ0v) is 7.15. The van der Waals surface area contributed by atoms with Crippen LogP contribution in [-0.2, 0) is 11.2 Å². The average Bonchev–Trinajstić information content (AvgIpc) is 2.45. The lowest BCUT2D eigenvalue weighted by atomic mass is 10.1. The molecular weight excluding hydrogens is 158 g/mol. The van der Waals surface area contributed by atoms with Gasteiger partial charge in [-0.3, -0.25) is 4.79 Å². The van der Waals surface area contributed by atoms with E-state index >= 15 is 0 Å². The Kier molecular flexibility index (Phi) is 1.46. The fourth-order valence-electron chi connectivity index (χ4n) is 1.34. The molecule has 0 fully saturated rings. The molecule has 0 saturated heterocycles. The van der Waals surface area contributed by atoms with Gasteiger partial charge in [-0.2, -0.15) is 0 Å². The van der Waals surface area contributed by atoms with Crippen LogP contribution in [0.5, 0.6) is 0 Å². The first-order chi connectivity index (χ1) is 5.29. The smallest absolute Gasteiger partial charge is 0.227 e. The van der Waals surface area contributed by atoms with Crippen molar-refractivity contribution in [3.05, 3.63) is 16.3 Å². The molecule has 0 aromatic carbocycles. The second-order valence-corrected chi connectivity index (χ2v) is 3.68. The Balaban J connectivity index is 2.45. The van der Waals surface area contributed by atoms with E-state index in [4.69, 9.17) is 0 Å². The molecule has 2 rings (SSSR count). The quantitative estimate of drug-likeness (QED) is 0.575. The van der Waals surface area contributed by atoms with Crippen LogP contribution < -0.4 is 4.90 Å². The summed E-state index contributed by atoms with van der Waals surface area (Å²) in [4.78, 5) is 14.3. The number of carbonyl (C=O) groups is 1. The van der Waals surface area contributed by atoms with Crippen molar-refractivity contribution in [1.82, 2.24) is 0 Å². The molecular formula is C8H9NOS. The van der Waals surface area contributed by atoms with E-state index in [2.05, 4.69) is 0 Å². The van der Waals surface area contributed by atoms with Crippen LogP contribution >= 0.6 is 11.3 Å². The molecule has 0 atom stereocenters. The molecule has 0 bridgehead atoms. The summed E-state index contributed by atoms with van der Waals surface area (Å²) in [6.45, 7) is 0. The molecule has 1 aliphatic heterocycles. The minimum Gasteiger partial charge on any atom is -0.314 e. The van der Waals surface area contributed by atoms with Gasteiger partial charge >= 0.3 is 0 Å². The van der Waals surface area contributed by atoms with Crippen LogP contribution in [0.1, 0.15) is 11.3 Å². The van der Waals surface area contributed by atoms with E-state index < -0.39 is 0 Å². The summed E-state index contributed by atoms with van der Waals surface area (Å²) < 4.78 is 0. The number of hydrogen-bond acceptors (Lipinski definition) is 2. The van der Waals surface area contributed by atoms with Crippen molar-refractivity contribution in [2.24, 2.45) is 0 Å². The normalized spacial score (nSPS) is 16.8. The van der Waals surface area contributed by atoms with E-state index in [1.54, 1.807) is 16.2 Å². The Hall–Kier alpha value is -0.830. The van der Waals surface area contributed by atoms with Crippen molar-refractivity contribution >= 4 is 22.9 Å². The lowest BCUT2D eigenvalue weighted by molar-refractivity contribution is -0.118. The molecule has 1 aromatic heterocycles. The Morgan fingerprint density at radius 3 is 3.18 bits per heavy atom. The van der Waals surface area contributed by atoms with E-state index in [9.17, 15) is 4.79 Å². The number of anilines is 1. The Labute approximate surface area is 69.4 Å². The number of nitrogens with zero attached hydrogens (tertiary/aromatic N) is 1. The van der Waals surface area contributed by atoms with Crippen LogP contribution in [0.3, 0.4) is 0 Å². The third-order valence-electron chi connectivity index (χ3n) is 2.02. The number of rotatable bonds is 0. The Morgan fingerprint density at radius 1 is 1.55 bits per heavy atom. The number of aryl methyl sites for hydroxylation is 1. The highest BCUT2D eigenvalue weighted by Crippen LogP contribution is 2.30. The maximum atomic E-state index is 11.2. The van der Waals surface area contributed by atoms with Crippen LogP contribution in [0.25, 0.3) is 0 Å². The molecule has 1 aliphatic rings. The molecule has 58 valence electrons. The zero-order chi connectivity index (χ0) is 7.84. The van der Waals surface area contributed by atoms with Gasteiger partial charge in [0.25, 0.3) is 0 Å². The highest BCUT2D eigenvalue weighted by atomic mass is 32.1. The topological polar surface area (TPSA) is 20.3 Å². The molecule has 0 unspecified atom stereocenters. The Morgan fingerprint density at radius 2 is 2.36 bits per heavy atom. The van der Waals surface area contributed by atoms with Gasteiger partial charge in [0.05, 0.1) is 5.69 Å². The van der Waals surface area contributed by atoms with Crippen LogP contribution in [0.15, 0.2) is 11.4 Å². The first kappa shape index (κ1) is 6.85. The molecule has 11 heavy (non-hydrogen) atoms. The minimum atomic E-state index is 0.232. The molecule has 2 heterocycles. The predicted octanol–water partition coefficient (Wildman–Crippen LogP) is 1.66. The van der Waals surface area contributed by atoms with Crippen LogP contribution in [-0.4, -0.2) is 13.0 Å². The van der Waals surface area contributed by atoms with Crippen molar-refractivity contribution in [2.75, 3.05) is 11.9 Å². The standard InChI is InChI=1S/C8H9NOS/c1-9-6-4-5-11-7(6)2-3-8(9)10/h4-5H,2-3H2,1H3. The lowest BCUT2D eigenvalue weighted by Gasteiger charge is -2.22. The molecule has 0 aliphatic carbocycles. The highest BCUT2D eigenvalue weighted by molar-refractivity contribution is 7.10. The van der Waals surface area contributed by atoms with Gasteiger partial charge in [-0.05, 0) is 17.9 Å². The monoisotopic (exact) mass is 167 g/mol. The van der Waals surface area contributed by atoms with Gasteiger partial charge in [-0.1, -0.05) is 0 Å². The van der Waals surface area contributed by atoms with Gasteiger partial charge in [-0.25, -0.2) is 0 Å². The van der Waals surface area contributed by atoms with E-state index in [0.29, 0.717) is 6.42 Å². The number of carbonyl (C=O) groups excluding carboxylic acids is 1. The van der Waals surface area contributed by atoms with Crippen molar-refractivity contribution in [3.8, 4) is 0 Å². The number of hydrogen-bond donors (Lipinski definition) is 0. The molecule has 0 spiro atoms. The molecule has 1 amide bonds. The maximum Gasteiger partial charge on any atom is 0.227 e. The van der Waals surface area contributed by atoms with Crippen molar-refractivity contribution in [2.45, 2.75) is 12.8 Å². The second-order valence-electron chi connectivity index (χ2n) is 2.68. The summed E-state index contributed by atoms with van der Waals surface area (Å²) in [6.07, 6.45) is 1.60. The highest BCUT2D eigenvalue weighted by Gasteiger charge is 2.20. The van der Waals surface area contributed by atoms with Gasteiger partial charge in [0, 0.05) is 18.3 Å². The van der Waals surface area contributed by atoms with Crippen LogP contribution in [0.4, 0.5) is 5.69 Å². The largest absolute Gasteiger partial charge is 0.314 e. The predicted molar refractivity (Wildman–Crippen MR) is 46.1 cm³/mol. The average molecular weight is 167 g/mol. The fraction of sp³-hybridized carbons (Fsp3) is 0.375. The minimum absolute atomic E-state index is 0.232. The molecule has 1 aromatic rings. The van der Waals surface area contributed by atoms with E-state index in [1.807, 2.05) is 18.5 Å². The summed E-state index contributed by atoms with van der Waals surface area (Å²) in [5.41, 5.74) is 1.10. The van der Waals surface area contributed by atoms with Crippen molar-refractivity contribution in [1.29, 1.82) is 0 Å². The molecule has 0 saturated carbocycles. The van der Waals surface area contributed by atoms with E-state index in [1.165, 1.54) is 4.88 Å². The summed E-state index contributed by atoms with van der Waals surface area (Å²) in [6, 6.07) is 2.01. The number of thiophene rings is 1. The summed E-state index contributed by atoms with van der Waals surface area (Å²) in [5, 5.41) is 2.04. The van der Waals surface area contributed by atoms with Crippen molar-refractivity contribution < 1.29 is 4.79 Å². The first-order valence-electron chi connectivity index (χ1n) is 3.62. The van der Waals surface area contributed by atoms with E-state index in [0.717, 1.165) is 12.1 Å². The van der Waals surface area contributed by atoms with Gasteiger partial charge in [0.1, 0.15) is 0 Å². The molecule has 3 heteroatoms. The number of amides is 1. The van der Waals surface area contributed by atoms with Gasteiger partial charge in [-0.15, -0.1) is 11.3 Å². The lowest BCUT2D eigenvalue weighted by Crippen LogP contribution is -2.29. The fourth-order valence-corrected chi connectivity index (χ4v) is 2.25. The molecule has 0 N–H and O–H groups in total. The summed E-state index contributed by atoms with van der Waals surface area (Å²) >= 11 is 1.74. The van der Waals surface area contributed by atoms with Crippen LogP contribution in [0, 0.1) is 0 Å². The number of fused-ring (bicyclic) bond motifs is 1. The van der Waals surface area contributed by atoms with Crippen molar-refractivity contribution in [3.63, 3.8) is 0 Å². The maximum absolute atomic E-state index is 11.2. The third kappa shape index (κ3) is 0.959. The first-order valence-corrected chi connectivity index (χ1v) is 4.50. The third-order valence-corrected chi connectivity index (χ3v) is 2.99. The van der Waals surface area contributed by atoms with Gasteiger partial charge in [0.15, 0.2) is 0 Å². The summed E-state index contributed by atoms with van der Waals surface area (Å²) in [5.74, 6) is 0.232. The molecule has 0 radical (unpaired) electrons. The SMILES string of the molecule is CN1C(=O)CCc2sccc21. The summed E-state index contributed by atoms with van der Waals surface area (Å²) in [7, 11) is 1.84. The van der Waals surface area contributed by atoms with E-state index in [-0.39, 0.29) is 5.91 Å². The zero-order valence-electron chi connectivity index (χ0n) is 6.33. The Bertz CT molecular complexity index is 292. The molecule has 2 nitrogen and oxygen atoms in total. The van der Waals surface area contributed by atoms with Crippen LogP contribution in [0.2, 0.25) is 0 Å². The van der Waals surface area contributed by atoms with Gasteiger partial charge in [0.2, 0.25) is 5.91 Å². The second kappa shape index (κ2) is 2.34.